The average molecular weight is 265 g/mol. The number of fused-ring (bicyclic) bond motifs is 3. The zero-order valence-corrected chi connectivity index (χ0v) is 11.7. The maximum Gasteiger partial charge on any atom is 0.0896 e. The van der Waals surface area contributed by atoms with Gasteiger partial charge in [0.05, 0.1) is 12.1 Å². The SMILES string of the molecule is Cc1cccc2c1N[C@H](c1ccccc1)[C@@H]1CCO[C@H]21. The van der Waals surface area contributed by atoms with E-state index >= 15 is 0 Å². The number of ether oxygens (including phenoxy) is 1. The van der Waals surface area contributed by atoms with Gasteiger partial charge in [0.1, 0.15) is 0 Å². The summed E-state index contributed by atoms with van der Waals surface area (Å²) in [5.41, 5.74) is 5.27. The zero-order valence-electron chi connectivity index (χ0n) is 11.7. The summed E-state index contributed by atoms with van der Waals surface area (Å²) in [6.07, 6.45) is 1.38. The number of benzene rings is 2. The predicted octanol–water partition coefficient (Wildman–Crippen LogP) is 4.24. The van der Waals surface area contributed by atoms with Gasteiger partial charge in [-0.05, 0) is 24.5 Å². The summed E-state index contributed by atoms with van der Waals surface area (Å²) in [5, 5.41) is 3.77. The lowest BCUT2D eigenvalue weighted by molar-refractivity contribution is 0.0828. The minimum atomic E-state index is 0.247. The molecule has 2 heterocycles. The monoisotopic (exact) mass is 265 g/mol. The van der Waals surface area contributed by atoms with Crippen LogP contribution in [0.15, 0.2) is 48.5 Å². The highest BCUT2D eigenvalue weighted by molar-refractivity contribution is 5.62. The van der Waals surface area contributed by atoms with Gasteiger partial charge in [0.15, 0.2) is 0 Å². The second kappa shape index (κ2) is 4.64. The second-order valence-corrected chi connectivity index (χ2v) is 5.82. The minimum absolute atomic E-state index is 0.247. The third-order valence-corrected chi connectivity index (χ3v) is 4.64. The van der Waals surface area contributed by atoms with E-state index in [-0.39, 0.29) is 6.10 Å². The fraction of sp³-hybridized carbons (Fsp3) is 0.333. The fourth-order valence-electron chi connectivity index (χ4n) is 3.65. The number of hydrogen-bond acceptors (Lipinski definition) is 2. The van der Waals surface area contributed by atoms with Crippen molar-refractivity contribution < 1.29 is 4.74 Å². The molecule has 0 aliphatic carbocycles. The van der Waals surface area contributed by atoms with Crippen LogP contribution in [0.25, 0.3) is 0 Å². The maximum absolute atomic E-state index is 6.05. The first-order valence-corrected chi connectivity index (χ1v) is 7.37. The Hall–Kier alpha value is -1.80. The van der Waals surface area contributed by atoms with Crippen molar-refractivity contribution >= 4 is 5.69 Å². The van der Waals surface area contributed by atoms with Crippen LogP contribution in [-0.4, -0.2) is 6.61 Å². The number of para-hydroxylation sites is 1. The average Bonchev–Trinajstić information content (AvgIpc) is 2.97. The van der Waals surface area contributed by atoms with Gasteiger partial charge in [0.25, 0.3) is 0 Å². The van der Waals surface area contributed by atoms with Crippen molar-refractivity contribution in [1.82, 2.24) is 0 Å². The summed E-state index contributed by atoms with van der Waals surface area (Å²) in [6, 6.07) is 17.6. The van der Waals surface area contributed by atoms with Crippen molar-refractivity contribution in [2.24, 2.45) is 5.92 Å². The molecule has 4 rings (SSSR count). The van der Waals surface area contributed by atoms with Crippen LogP contribution >= 0.6 is 0 Å². The first-order valence-electron chi connectivity index (χ1n) is 7.37. The highest BCUT2D eigenvalue weighted by atomic mass is 16.5. The molecular weight excluding hydrogens is 246 g/mol. The lowest BCUT2D eigenvalue weighted by Crippen LogP contribution is -2.29. The van der Waals surface area contributed by atoms with Crippen LogP contribution in [0.1, 0.15) is 35.3 Å². The van der Waals surface area contributed by atoms with Crippen molar-refractivity contribution in [1.29, 1.82) is 0 Å². The van der Waals surface area contributed by atoms with E-state index in [1.807, 2.05) is 0 Å². The standard InChI is InChI=1S/C18H19NO/c1-12-6-5-9-14-16(12)19-17(13-7-3-2-4-8-13)15-10-11-20-18(14)15/h2-9,15,17-19H,10-11H2,1H3/t15-,17+,18+/m0/s1. The Morgan fingerprint density at radius 3 is 2.75 bits per heavy atom. The van der Waals surface area contributed by atoms with Crippen molar-refractivity contribution in [3.8, 4) is 0 Å². The number of nitrogens with one attached hydrogen (secondary N) is 1. The summed E-state index contributed by atoms with van der Waals surface area (Å²) >= 11 is 0. The molecule has 1 saturated heterocycles. The highest BCUT2D eigenvalue weighted by Gasteiger charge is 2.41. The van der Waals surface area contributed by atoms with Gasteiger partial charge in [0, 0.05) is 23.8 Å². The van der Waals surface area contributed by atoms with Crippen LogP contribution in [-0.2, 0) is 4.74 Å². The first kappa shape index (κ1) is 12.0. The molecule has 2 aliphatic heterocycles. The smallest absolute Gasteiger partial charge is 0.0896 e. The molecule has 1 fully saturated rings. The van der Waals surface area contributed by atoms with E-state index in [1.165, 1.54) is 22.4 Å². The Morgan fingerprint density at radius 2 is 1.90 bits per heavy atom. The van der Waals surface area contributed by atoms with Crippen LogP contribution in [0.5, 0.6) is 0 Å². The molecular formula is C18H19NO. The molecule has 2 aliphatic rings. The molecule has 0 aromatic heterocycles. The van der Waals surface area contributed by atoms with E-state index in [1.54, 1.807) is 0 Å². The Labute approximate surface area is 119 Å². The van der Waals surface area contributed by atoms with E-state index in [0.717, 1.165) is 13.0 Å². The second-order valence-electron chi connectivity index (χ2n) is 5.82. The van der Waals surface area contributed by atoms with Gasteiger partial charge in [-0.25, -0.2) is 0 Å². The van der Waals surface area contributed by atoms with E-state index in [2.05, 4.69) is 60.8 Å². The van der Waals surface area contributed by atoms with Crippen molar-refractivity contribution in [2.75, 3.05) is 11.9 Å². The molecule has 0 unspecified atom stereocenters. The molecule has 2 aromatic carbocycles. The molecule has 0 spiro atoms. The van der Waals surface area contributed by atoms with Crippen molar-refractivity contribution in [2.45, 2.75) is 25.5 Å². The van der Waals surface area contributed by atoms with Crippen molar-refractivity contribution in [3.63, 3.8) is 0 Å². The van der Waals surface area contributed by atoms with E-state index in [4.69, 9.17) is 4.74 Å². The summed E-state index contributed by atoms with van der Waals surface area (Å²) in [5.74, 6) is 0.534. The fourth-order valence-corrected chi connectivity index (χ4v) is 3.65. The van der Waals surface area contributed by atoms with Crippen LogP contribution in [0.3, 0.4) is 0 Å². The van der Waals surface area contributed by atoms with Gasteiger partial charge in [-0.3, -0.25) is 0 Å². The summed E-state index contributed by atoms with van der Waals surface area (Å²) < 4.78 is 6.05. The van der Waals surface area contributed by atoms with Crippen LogP contribution in [0.2, 0.25) is 0 Å². The van der Waals surface area contributed by atoms with Gasteiger partial charge in [-0.1, -0.05) is 48.5 Å². The largest absolute Gasteiger partial charge is 0.377 e. The van der Waals surface area contributed by atoms with Crippen molar-refractivity contribution in [3.05, 3.63) is 65.2 Å². The van der Waals surface area contributed by atoms with Crippen LogP contribution < -0.4 is 5.32 Å². The first-order chi connectivity index (χ1) is 9.84. The lowest BCUT2D eigenvalue weighted by Gasteiger charge is -2.37. The van der Waals surface area contributed by atoms with Crippen LogP contribution in [0.4, 0.5) is 5.69 Å². The highest BCUT2D eigenvalue weighted by Crippen LogP contribution is 2.50. The van der Waals surface area contributed by atoms with Gasteiger partial charge < -0.3 is 10.1 Å². The number of rotatable bonds is 1. The van der Waals surface area contributed by atoms with Crippen LogP contribution in [0, 0.1) is 12.8 Å². The molecule has 2 aromatic rings. The predicted molar refractivity (Wildman–Crippen MR) is 80.8 cm³/mol. The molecule has 3 atom stereocenters. The van der Waals surface area contributed by atoms with Gasteiger partial charge in [-0.2, -0.15) is 0 Å². The number of aryl methyl sites for hydroxylation is 1. The van der Waals surface area contributed by atoms with E-state index in [9.17, 15) is 0 Å². The molecule has 1 N–H and O–H groups in total. The van der Waals surface area contributed by atoms with Gasteiger partial charge >= 0.3 is 0 Å². The Morgan fingerprint density at radius 1 is 1.05 bits per heavy atom. The molecule has 0 radical (unpaired) electrons. The molecule has 2 nitrogen and oxygen atoms in total. The Kier molecular flexibility index (Phi) is 2.78. The van der Waals surface area contributed by atoms with Gasteiger partial charge in [-0.15, -0.1) is 0 Å². The number of anilines is 1. The minimum Gasteiger partial charge on any atom is -0.377 e. The third kappa shape index (κ3) is 1.75. The molecule has 0 saturated carbocycles. The molecule has 102 valence electrons. The Balaban J connectivity index is 1.82. The summed E-state index contributed by atoms with van der Waals surface area (Å²) in [6.45, 7) is 3.04. The molecule has 20 heavy (non-hydrogen) atoms. The quantitative estimate of drug-likeness (QED) is 0.832. The summed E-state index contributed by atoms with van der Waals surface area (Å²) in [4.78, 5) is 0. The number of hydrogen-bond donors (Lipinski definition) is 1. The normalized spacial score (nSPS) is 27.6. The van der Waals surface area contributed by atoms with E-state index < -0.39 is 0 Å². The summed E-state index contributed by atoms with van der Waals surface area (Å²) in [7, 11) is 0. The molecule has 0 bridgehead atoms. The topological polar surface area (TPSA) is 21.3 Å². The molecule has 2 heteroatoms. The lowest BCUT2D eigenvalue weighted by atomic mass is 9.80. The molecule has 0 amide bonds. The maximum atomic E-state index is 6.05. The third-order valence-electron chi connectivity index (χ3n) is 4.64. The zero-order chi connectivity index (χ0) is 13.5. The van der Waals surface area contributed by atoms with E-state index in [0.29, 0.717) is 12.0 Å². The Bertz CT molecular complexity index is 623. The van der Waals surface area contributed by atoms with Gasteiger partial charge in [0.2, 0.25) is 0 Å².